The molecule has 1 N–H and O–H groups in total. The van der Waals surface area contributed by atoms with Gasteiger partial charge >= 0.3 is 0 Å². The zero-order chi connectivity index (χ0) is 12.7. The van der Waals surface area contributed by atoms with Gasteiger partial charge in [0.05, 0.1) is 10.5 Å². The van der Waals surface area contributed by atoms with Crippen LogP contribution >= 0.6 is 43.5 Å². The van der Waals surface area contributed by atoms with Crippen molar-refractivity contribution in [1.82, 2.24) is 9.97 Å². The number of halogens is 3. The first-order chi connectivity index (χ1) is 8.63. The fraction of sp³-hybridized carbons (Fsp3) is 0. The number of imidazole rings is 1. The van der Waals surface area contributed by atoms with Crippen LogP contribution in [0.25, 0.3) is 22.4 Å². The van der Waals surface area contributed by atoms with Gasteiger partial charge in [-0.15, -0.1) is 0 Å². The Kier molecular flexibility index (Phi) is 3.18. The molecular weight excluding hydrogens is 379 g/mol. The number of nitrogens with one attached hydrogen (secondary N) is 1. The predicted molar refractivity (Wildman–Crippen MR) is 81.9 cm³/mol. The summed E-state index contributed by atoms with van der Waals surface area (Å²) in [5.74, 6) is 0.806. The third-order valence-corrected chi connectivity index (χ3v) is 3.82. The normalized spacial score (nSPS) is 11.1. The van der Waals surface area contributed by atoms with Gasteiger partial charge in [0.25, 0.3) is 0 Å². The van der Waals surface area contributed by atoms with Crippen molar-refractivity contribution in [3.8, 4) is 11.4 Å². The van der Waals surface area contributed by atoms with Crippen LogP contribution in [0.1, 0.15) is 0 Å². The Bertz CT molecular complexity index is 717. The van der Waals surface area contributed by atoms with Crippen molar-refractivity contribution in [2.75, 3.05) is 0 Å². The molecule has 1 aromatic heterocycles. The minimum absolute atomic E-state index is 0.657. The SMILES string of the molecule is Clc1cccc2[nH]c(-c3cc(Br)cc(Br)c3)nc12. The van der Waals surface area contributed by atoms with Crippen molar-refractivity contribution >= 4 is 54.5 Å². The molecule has 0 spiro atoms. The average molecular weight is 386 g/mol. The van der Waals surface area contributed by atoms with Crippen LogP contribution in [0.4, 0.5) is 0 Å². The number of rotatable bonds is 1. The van der Waals surface area contributed by atoms with E-state index >= 15 is 0 Å². The molecule has 2 aromatic carbocycles. The summed E-state index contributed by atoms with van der Waals surface area (Å²) in [6, 6.07) is 11.7. The quantitative estimate of drug-likeness (QED) is 0.595. The molecule has 0 fully saturated rings. The highest BCUT2D eigenvalue weighted by molar-refractivity contribution is 9.11. The molecule has 0 aliphatic rings. The summed E-state index contributed by atoms with van der Waals surface area (Å²) >= 11 is 13.1. The molecule has 18 heavy (non-hydrogen) atoms. The molecule has 0 saturated carbocycles. The Morgan fingerprint density at radius 1 is 1.06 bits per heavy atom. The first-order valence-corrected chi connectivity index (χ1v) is 7.20. The molecule has 2 nitrogen and oxygen atoms in total. The second-order valence-electron chi connectivity index (χ2n) is 3.88. The third-order valence-electron chi connectivity index (χ3n) is 2.60. The maximum atomic E-state index is 6.12. The van der Waals surface area contributed by atoms with E-state index in [1.54, 1.807) is 0 Å². The van der Waals surface area contributed by atoms with E-state index < -0.39 is 0 Å². The Hall–Kier alpha value is -0.840. The lowest BCUT2D eigenvalue weighted by Crippen LogP contribution is -1.81. The van der Waals surface area contributed by atoms with E-state index in [9.17, 15) is 0 Å². The van der Waals surface area contributed by atoms with Gasteiger partial charge in [-0.25, -0.2) is 4.98 Å². The van der Waals surface area contributed by atoms with Gasteiger partial charge in [0, 0.05) is 14.5 Å². The molecule has 5 heteroatoms. The maximum Gasteiger partial charge on any atom is 0.138 e. The monoisotopic (exact) mass is 384 g/mol. The summed E-state index contributed by atoms with van der Waals surface area (Å²) in [5.41, 5.74) is 2.74. The number of fused-ring (bicyclic) bond motifs is 1. The molecule has 0 atom stereocenters. The van der Waals surface area contributed by atoms with Gasteiger partial charge in [-0.05, 0) is 30.3 Å². The van der Waals surface area contributed by atoms with Crippen molar-refractivity contribution in [2.24, 2.45) is 0 Å². The van der Waals surface area contributed by atoms with Crippen LogP contribution in [0.3, 0.4) is 0 Å². The first-order valence-electron chi connectivity index (χ1n) is 5.24. The van der Waals surface area contributed by atoms with Gasteiger partial charge in [-0.3, -0.25) is 0 Å². The van der Waals surface area contributed by atoms with Gasteiger partial charge in [0.2, 0.25) is 0 Å². The Morgan fingerprint density at radius 3 is 2.44 bits per heavy atom. The average Bonchev–Trinajstić information content (AvgIpc) is 2.73. The van der Waals surface area contributed by atoms with Gasteiger partial charge in [-0.1, -0.05) is 49.5 Å². The van der Waals surface area contributed by atoms with Crippen LogP contribution in [-0.4, -0.2) is 9.97 Å². The smallest absolute Gasteiger partial charge is 0.138 e. The van der Waals surface area contributed by atoms with E-state index in [1.807, 2.05) is 36.4 Å². The second kappa shape index (κ2) is 4.68. The van der Waals surface area contributed by atoms with Crippen molar-refractivity contribution in [3.63, 3.8) is 0 Å². The number of nitrogens with zero attached hydrogens (tertiary/aromatic N) is 1. The van der Waals surface area contributed by atoms with E-state index in [0.717, 1.165) is 31.4 Å². The van der Waals surface area contributed by atoms with E-state index in [4.69, 9.17) is 11.6 Å². The van der Waals surface area contributed by atoms with E-state index in [0.29, 0.717) is 5.02 Å². The van der Waals surface area contributed by atoms with Gasteiger partial charge < -0.3 is 4.98 Å². The number of aromatic amines is 1. The zero-order valence-electron chi connectivity index (χ0n) is 9.05. The minimum atomic E-state index is 0.657. The van der Waals surface area contributed by atoms with Crippen molar-refractivity contribution in [2.45, 2.75) is 0 Å². The van der Waals surface area contributed by atoms with E-state index in [-0.39, 0.29) is 0 Å². The first kappa shape index (κ1) is 12.2. The van der Waals surface area contributed by atoms with Crippen LogP contribution in [0.15, 0.2) is 45.3 Å². The van der Waals surface area contributed by atoms with Crippen LogP contribution in [0, 0.1) is 0 Å². The molecule has 0 radical (unpaired) electrons. The minimum Gasteiger partial charge on any atom is -0.338 e. The Balaban J connectivity index is 2.22. The molecule has 3 aromatic rings. The topological polar surface area (TPSA) is 28.7 Å². The van der Waals surface area contributed by atoms with E-state index in [2.05, 4.69) is 41.8 Å². The summed E-state index contributed by atoms with van der Waals surface area (Å²) in [5, 5.41) is 0.657. The lowest BCUT2D eigenvalue weighted by atomic mass is 10.2. The highest BCUT2D eigenvalue weighted by atomic mass is 79.9. The van der Waals surface area contributed by atoms with E-state index in [1.165, 1.54) is 0 Å². The molecular formula is C13H7Br2ClN2. The highest BCUT2D eigenvalue weighted by Gasteiger charge is 2.08. The number of benzene rings is 2. The molecule has 0 unspecified atom stereocenters. The van der Waals surface area contributed by atoms with Crippen molar-refractivity contribution in [3.05, 3.63) is 50.4 Å². The fourth-order valence-electron chi connectivity index (χ4n) is 1.82. The van der Waals surface area contributed by atoms with Gasteiger partial charge in [0.1, 0.15) is 11.3 Å². The summed E-state index contributed by atoms with van der Waals surface area (Å²) < 4.78 is 2.00. The molecule has 0 amide bonds. The molecule has 0 aliphatic carbocycles. The molecule has 0 saturated heterocycles. The fourth-order valence-corrected chi connectivity index (χ4v) is 3.33. The number of para-hydroxylation sites is 1. The zero-order valence-corrected chi connectivity index (χ0v) is 13.0. The van der Waals surface area contributed by atoms with Crippen molar-refractivity contribution < 1.29 is 0 Å². The van der Waals surface area contributed by atoms with Crippen LogP contribution in [0.5, 0.6) is 0 Å². The summed E-state index contributed by atoms with van der Waals surface area (Å²) in [6.07, 6.45) is 0. The largest absolute Gasteiger partial charge is 0.338 e. The van der Waals surface area contributed by atoms with Crippen LogP contribution in [-0.2, 0) is 0 Å². The number of H-pyrrole nitrogens is 1. The molecule has 90 valence electrons. The Morgan fingerprint density at radius 2 is 1.78 bits per heavy atom. The summed E-state index contributed by atoms with van der Waals surface area (Å²) in [7, 11) is 0. The van der Waals surface area contributed by atoms with Crippen LogP contribution in [0.2, 0.25) is 5.02 Å². The third kappa shape index (κ3) is 2.20. The second-order valence-corrected chi connectivity index (χ2v) is 6.12. The Labute approximate surface area is 126 Å². The van der Waals surface area contributed by atoms with Gasteiger partial charge in [0.15, 0.2) is 0 Å². The number of hydrogen-bond acceptors (Lipinski definition) is 1. The lowest BCUT2D eigenvalue weighted by molar-refractivity contribution is 1.33. The number of hydrogen-bond donors (Lipinski definition) is 1. The summed E-state index contributed by atoms with van der Waals surface area (Å²) in [6.45, 7) is 0. The standard InChI is InChI=1S/C13H7Br2ClN2/c14-8-4-7(5-9(15)6-8)13-17-11-3-1-2-10(16)12(11)18-13/h1-6H,(H,17,18). The predicted octanol–water partition coefficient (Wildman–Crippen LogP) is 5.41. The lowest BCUT2D eigenvalue weighted by Gasteiger charge is -1.99. The van der Waals surface area contributed by atoms with Crippen molar-refractivity contribution in [1.29, 1.82) is 0 Å². The molecule has 1 heterocycles. The molecule has 3 rings (SSSR count). The summed E-state index contributed by atoms with van der Waals surface area (Å²) in [4.78, 5) is 7.81. The highest BCUT2D eigenvalue weighted by Crippen LogP contribution is 2.29. The molecule has 0 aliphatic heterocycles. The van der Waals surface area contributed by atoms with Crippen LogP contribution < -0.4 is 0 Å². The number of aromatic nitrogens is 2. The molecule has 0 bridgehead atoms. The van der Waals surface area contributed by atoms with Gasteiger partial charge in [-0.2, -0.15) is 0 Å². The maximum absolute atomic E-state index is 6.12.